The van der Waals surface area contributed by atoms with Crippen LogP contribution in [0.5, 0.6) is 11.5 Å². The average molecular weight is 493 g/mol. The molecule has 1 amide bonds. The van der Waals surface area contributed by atoms with Gasteiger partial charge in [0, 0.05) is 18.2 Å². The number of primary amides is 1. The molecule has 5 N–H and O–H groups in total. The topological polar surface area (TPSA) is 126 Å². The zero-order valence-corrected chi connectivity index (χ0v) is 19.8. The summed E-state index contributed by atoms with van der Waals surface area (Å²) in [7, 11) is 0. The lowest BCUT2D eigenvalue weighted by Gasteiger charge is -2.20. The lowest BCUT2D eigenvalue weighted by Crippen LogP contribution is -2.35. The Kier molecular flexibility index (Phi) is 7.08. The van der Waals surface area contributed by atoms with Crippen LogP contribution in [0.25, 0.3) is 11.4 Å². The molecule has 2 aliphatic heterocycles. The van der Waals surface area contributed by atoms with Crippen LogP contribution in [0.15, 0.2) is 48.5 Å². The van der Waals surface area contributed by atoms with Crippen molar-refractivity contribution in [2.75, 3.05) is 25.0 Å². The predicted octanol–water partition coefficient (Wildman–Crippen LogP) is 2.86. The molecule has 188 valence electrons. The highest BCUT2D eigenvalue weighted by atomic mass is 19.1. The van der Waals surface area contributed by atoms with E-state index in [1.807, 2.05) is 12.1 Å². The first-order chi connectivity index (χ1) is 17.4. The molecule has 2 aliphatic rings. The van der Waals surface area contributed by atoms with Crippen LogP contribution in [0, 0.1) is 5.82 Å². The molecule has 0 aliphatic carbocycles. The van der Waals surface area contributed by atoms with Crippen LogP contribution in [0.1, 0.15) is 35.3 Å². The summed E-state index contributed by atoms with van der Waals surface area (Å²) in [6.07, 6.45) is 2.28. The van der Waals surface area contributed by atoms with Crippen molar-refractivity contribution in [1.82, 2.24) is 20.2 Å². The highest BCUT2D eigenvalue weighted by Crippen LogP contribution is 2.31. The van der Waals surface area contributed by atoms with Gasteiger partial charge in [-0.2, -0.15) is 0 Å². The van der Waals surface area contributed by atoms with E-state index in [0.29, 0.717) is 42.7 Å². The Morgan fingerprint density at radius 1 is 1.14 bits per heavy atom. The molecule has 9 nitrogen and oxygen atoms in total. The Balaban J connectivity index is 1.50. The first kappa shape index (κ1) is 24.1. The molecule has 0 spiro atoms. The van der Waals surface area contributed by atoms with Gasteiger partial charge in [0.2, 0.25) is 0 Å². The van der Waals surface area contributed by atoms with Crippen molar-refractivity contribution in [1.29, 1.82) is 0 Å². The van der Waals surface area contributed by atoms with Gasteiger partial charge in [0.15, 0.2) is 5.82 Å². The second-order valence-corrected chi connectivity index (χ2v) is 9.12. The van der Waals surface area contributed by atoms with Crippen molar-refractivity contribution >= 4 is 11.7 Å². The molecule has 0 saturated carbocycles. The van der Waals surface area contributed by atoms with Gasteiger partial charge < -0.3 is 20.9 Å². The Morgan fingerprint density at radius 3 is 2.58 bits per heavy atom. The monoisotopic (exact) mass is 492 g/mol. The first-order valence-electron chi connectivity index (χ1n) is 12.1. The number of nitrogens with zero attached hydrogens (tertiary/aromatic N) is 3. The largest absolute Gasteiger partial charge is 0.457 e. The van der Waals surface area contributed by atoms with Crippen LogP contribution < -0.4 is 21.1 Å². The van der Waals surface area contributed by atoms with E-state index >= 15 is 0 Å². The molecule has 1 unspecified atom stereocenters. The van der Waals surface area contributed by atoms with E-state index < -0.39 is 12.1 Å². The number of amides is 1. The molecule has 1 aromatic heterocycles. The van der Waals surface area contributed by atoms with Crippen LogP contribution in [0.3, 0.4) is 0 Å². The summed E-state index contributed by atoms with van der Waals surface area (Å²) < 4.78 is 19.3. The number of carbonyl (C=O) groups excluding carboxylic acids is 1. The number of nitrogens with two attached hydrogens (primary N) is 1. The fraction of sp³-hybridized carbons (Fsp3) is 0.346. The van der Waals surface area contributed by atoms with Gasteiger partial charge in [-0.25, -0.2) is 14.4 Å². The van der Waals surface area contributed by atoms with E-state index in [1.54, 1.807) is 18.2 Å². The molecule has 3 aromatic rings. The minimum atomic E-state index is -0.714. The zero-order valence-electron chi connectivity index (χ0n) is 19.8. The van der Waals surface area contributed by atoms with Gasteiger partial charge in [0.1, 0.15) is 35.1 Å². The lowest BCUT2D eigenvalue weighted by molar-refractivity contribution is 0.0995. The molecule has 10 heteroatoms. The Hall–Kier alpha value is -3.60. The van der Waals surface area contributed by atoms with Gasteiger partial charge in [0.25, 0.3) is 5.91 Å². The van der Waals surface area contributed by atoms with Crippen molar-refractivity contribution in [2.45, 2.75) is 38.1 Å². The Labute approximate surface area is 208 Å². The highest BCUT2D eigenvalue weighted by Gasteiger charge is 2.26. The smallest absolute Gasteiger partial charge is 0.267 e. The molecule has 2 saturated heterocycles. The summed E-state index contributed by atoms with van der Waals surface area (Å²) in [5.74, 6) is 0.910. The third-order valence-corrected chi connectivity index (χ3v) is 6.46. The maximum atomic E-state index is 13.3. The third kappa shape index (κ3) is 5.62. The molecule has 5 rings (SSSR count). The number of likely N-dealkylation sites (tertiary alicyclic amines) is 1. The van der Waals surface area contributed by atoms with E-state index in [0.717, 1.165) is 37.1 Å². The number of hydrogen-bond donors (Lipinski definition) is 4. The Morgan fingerprint density at radius 2 is 1.89 bits per heavy atom. The summed E-state index contributed by atoms with van der Waals surface area (Å²) >= 11 is 0. The number of halogens is 1. The molecule has 36 heavy (non-hydrogen) atoms. The summed E-state index contributed by atoms with van der Waals surface area (Å²) in [5.41, 5.74) is 7.36. The van der Waals surface area contributed by atoms with Crippen LogP contribution in [0.2, 0.25) is 0 Å². The molecule has 2 aromatic carbocycles. The number of rotatable bonds is 8. The Bertz CT molecular complexity index is 1230. The van der Waals surface area contributed by atoms with E-state index in [2.05, 4.69) is 25.5 Å². The average Bonchev–Trinajstić information content (AvgIpc) is 3.52. The number of hydrogen-bond acceptors (Lipinski definition) is 8. The summed E-state index contributed by atoms with van der Waals surface area (Å²) in [6.45, 7) is 3.32. The van der Waals surface area contributed by atoms with E-state index in [-0.39, 0.29) is 17.6 Å². The van der Waals surface area contributed by atoms with Crippen LogP contribution >= 0.6 is 0 Å². The van der Waals surface area contributed by atoms with Gasteiger partial charge in [-0.1, -0.05) is 0 Å². The molecule has 2 fully saturated rings. The number of ether oxygens (including phenoxy) is 1. The number of aliphatic hydroxyl groups is 1. The van der Waals surface area contributed by atoms with Crippen molar-refractivity contribution < 1.29 is 19.0 Å². The SMILES string of the molecule is NC(=O)c1cc(N[C@H]2CCNC2O)nc(-c2ccc(Oc3ccc(F)cc3)cc2CN2CCCC2)n1. The van der Waals surface area contributed by atoms with Crippen molar-refractivity contribution in [3.63, 3.8) is 0 Å². The number of aliphatic hydroxyl groups excluding tert-OH is 1. The van der Waals surface area contributed by atoms with Crippen molar-refractivity contribution in [3.8, 4) is 22.9 Å². The maximum absolute atomic E-state index is 13.3. The van der Waals surface area contributed by atoms with Gasteiger partial charge in [-0.15, -0.1) is 0 Å². The molecular weight excluding hydrogens is 463 g/mol. The lowest BCUT2D eigenvalue weighted by atomic mass is 10.1. The number of nitrogens with one attached hydrogen (secondary N) is 2. The van der Waals surface area contributed by atoms with Crippen molar-refractivity contribution in [2.24, 2.45) is 5.73 Å². The second-order valence-electron chi connectivity index (χ2n) is 9.12. The van der Waals surface area contributed by atoms with Gasteiger partial charge in [-0.05, 0) is 86.9 Å². The molecule has 0 bridgehead atoms. The van der Waals surface area contributed by atoms with E-state index in [4.69, 9.17) is 10.5 Å². The number of benzene rings is 2. The number of aromatic nitrogens is 2. The van der Waals surface area contributed by atoms with Gasteiger partial charge in [0.05, 0.1) is 6.04 Å². The number of anilines is 1. The van der Waals surface area contributed by atoms with Gasteiger partial charge >= 0.3 is 0 Å². The quantitative estimate of drug-likeness (QED) is 0.378. The van der Waals surface area contributed by atoms with E-state index in [1.165, 1.54) is 18.2 Å². The second kappa shape index (κ2) is 10.6. The van der Waals surface area contributed by atoms with Crippen molar-refractivity contribution in [3.05, 3.63) is 65.6 Å². The molecule has 3 heterocycles. The zero-order chi connectivity index (χ0) is 25.1. The predicted molar refractivity (Wildman–Crippen MR) is 133 cm³/mol. The standard InChI is InChI=1S/C26H29FN6O3/c27-17-3-5-18(6-4-17)36-19-7-8-20(16(13-19)15-33-11-1-2-12-33)25-31-22(24(28)34)14-23(32-25)30-21-9-10-29-26(21)35/h3-8,13-14,21,26,29,35H,1-2,9-12,15H2,(H2,28,34)(H,30,31,32)/t21-,26?/m0/s1. The fourth-order valence-corrected chi connectivity index (χ4v) is 4.60. The van der Waals surface area contributed by atoms with E-state index in [9.17, 15) is 14.3 Å². The normalized spacial score (nSPS) is 19.9. The maximum Gasteiger partial charge on any atom is 0.267 e. The fourth-order valence-electron chi connectivity index (χ4n) is 4.60. The minimum Gasteiger partial charge on any atom is -0.457 e. The van der Waals surface area contributed by atoms with Gasteiger partial charge in [-0.3, -0.25) is 15.0 Å². The summed E-state index contributed by atoms with van der Waals surface area (Å²) in [4.78, 5) is 23.5. The van der Waals surface area contributed by atoms with Crippen LogP contribution in [0.4, 0.5) is 10.2 Å². The molecule has 2 atom stereocenters. The molecule has 0 radical (unpaired) electrons. The highest BCUT2D eigenvalue weighted by molar-refractivity contribution is 5.92. The van der Waals surface area contributed by atoms with Crippen LogP contribution in [-0.2, 0) is 6.54 Å². The third-order valence-electron chi connectivity index (χ3n) is 6.46. The summed E-state index contributed by atoms with van der Waals surface area (Å²) in [6, 6.07) is 12.7. The number of carbonyl (C=O) groups is 1. The molecular formula is C26H29FN6O3. The van der Waals surface area contributed by atoms with Crippen LogP contribution in [-0.4, -0.2) is 57.8 Å². The first-order valence-corrected chi connectivity index (χ1v) is 12.1. The summed E-state index contributed by atoms with van der Waals surface area (Å²) in [5, 5.41) is 16.3. The minimum absolute atomic E-state index is 0.0849.